The van der Waals surface area contributed by atoms with E-state index >= 15 is 0 Å². The Morgan fingerprint density at radius 3 is 2.69 bits per heavy atom. The average molecular weight is 203 g/mol. The molecule has 1 atom stereocenters. The number of nitrogens with two attached hydrogens (primary N) is 1. The Morgan fingerprint density at radius 1 is 1.62 bits per heavy atom. The lowest BCUT2D eigenvalue weighted by Crippen LogP contribution is -2.12. The first-order valence-electron chi connectivity index (χ1n) is 3.35. The number of pyridine rings is 1. The van der Waals surface area contributed by atoms with Crippen molar-refractivity contribution in [1.29, 1.82) is 0 Å². The molecule has 5 nitrogen and oxygen atoms in total. The number of hydrogen-bond donors (Lipinski definition) is 3. The molecular formula is C7H7ClN2O3. The van der Waals surface area contributed by atoms with Crippen LogP contribution in [0.1, 0.15) is 11.8 Å². The number of aromatic nitrogens is 1. The van der Waals surface area contributed by atoms with Crippen LogP contribution in [-0.2, 0) is 4.79 Å². The Labute approximate surface area is 78.8 Å². The summed E-state index contributed by atoms with van der Waals surface area (Å²) < 4.78 is 0. The van der Waals surface area contributed by atoms with E-state index < -0.39 is 12.1 Å². The van der Waals surface area contributed by atoms with Crippen molar-refractivity contribution in [2.75, 3.05) is 5.73 Å². The number of carboxylic acids is 1. The summed E-state index contributed by atoms with van der Waals surface area (Å²) in [4.78, 5) is 13.9. The highest BCUT2D eigenvalue weighted by atomic mass is 35.5. The topological polar surface area (TPSA) is 96.4 Å². The smallest absolute Gasteiger partial charge is 0.338 e. The maximum Gasteiger partial charge on any atom is 0.338 e. The van der Waals surface area contributed by atoms with E-state index in [1.807, 2.05) is 0 Å². The maximum absolute atomic E-state index is 10.3. The number of halogens is 1. The van der Waals surface area contributed by atoms with Crippen molar-refractivity contribution < 1.29 is 15.0 Å². The molecule has 0 radical (unpaired) electrons. The second-order valence-electron chi connectivity index (χ2n) is 2.36. The average Bonchev–Trinajstić information content (AvgIpc) is 2.08. The number of aliphatic carboxylic acids is 1. The fraction of sp³-hybridized carbons (Fsp3) is 0.143. The van der Waals surface area contributed by atoms with Crippen LogP contribution in [0.4, 0.5) is 5.69 Å². The second-order valence-corrected chi connectivity index (χ2v) is 2.71. The second kappa shape index (κ2) is 3.59. The summed E-state index contributed by atoms with van der Waals surface area (Å²) in [6.45, 7) is 0. The highest BCUT2D eigenvalue weighted by Gasteiger charge is 2.17. The zero-order valence-corrected chi connectivity index (χ0v) is 7.19. The molecule has 1 unspecified atom stereocenters. The molecule has 70 valence electrons. The first kappa shape index (κ1) is 9.76. The molecule has 0 aliphatic rings. The van der Waals surface area contributed by atoms with Gasteiger partial charge in [-0.15, -0.1) is 0 Å². The van der Waals surface area contributed by atoms with Gasteiger partial charge in [-0.3, -0.25) is 0 Å². The Kier molecular flexibility index (Phi) is 2.69. The van der Waals surface area contributed by atoms with Crippen LogP contribution in [0, 0.1) is 0 Å². The number of aliphatic hydroxyl groups is 1. The summed E-state index contributed by atoms with van der Waals surface area (Å²) in [6.07, 6.45) is -1.67. The predicted octanol–water partition coefficient (Wildman–Crippen LogP) is 0.435. The van der Waals surface area contributed by atoms with Crippen molar-refractivity contribution in [3.05, 3.63) is 23.0 Å². The number of hydrogen-bond acceptors (Lipinski definition) is 4. The van der Waals surface area contributed by atoms with Crippen molar-refractivity contribution in [2.45, 2.75) is 6.10 Å². The third kappa shape index (κ3) is 2.07. The van der Waals surface area contributed by atoms with Gasteiger partial charge < -0.3 is 15.9 Å². The molecule has 0 saturated carbocycles. The van der Waals surface area contributed by atoms with Crippen molar-refractivity contribution in [1.82, 2.24) is 4.98 Å². The van der Waals surface area contributed by atoms with E-state index in [4.69, 9.17) is 27.5 Å². The quantitative estimate of drug-likeness (QED) is 0.605. The summed E-state index contributed by atoms with van der Waals surface area (Å²) in [5.74, 6) is -1.38. The molecule has 0 aliphatic heterocycles. The number of nitrogen functional groups attached to an aromatic ring is 1. The van der Waals surface area contributed by atoms with Crippen LogP contribution in [0.3, 0.4) is 0 Å². The summed E-state index contributed by atoms with van der Waals surface area (Å²) in [7, 11) is 0. The number of carboxylic acid groups (broad SMARTS) is 1. The van der Waals surface area contributed by atoms with E-state index in [1.165, 1.54) is 12.1 Å². The van der Waals surface area contributed by atoms with Crippen LogP contribution in [0.25, 0.3) is 0 Å². The van der Waals surface area contributed by atoms with E-state index in [-0.39, 0.29) is 16.5 Å². The van der Waals surface area contributed by atoms with Gasteiger partial charge in [0.2, 0.25) is 0 Å². The van der Waals surface area contributed by atoms with Crippen molar-refractivity contribution >= 4 is 23.3 Å². The summed E-state index contributed by atoms with van der Waals surface area (Å²) in [5, 5.41) is 17.5. The van der Waals surface area contributed by atoms with Crippen LogP contribution in [0.2, 0.25) is 5.15 Å². The van der Waals surface area contributed by atoms with Gasteiger partial charge in [0.05, 0.1) is 11.4 Å². The van der Waals surface area contributed by atoms with Crippen molar-refractivity contribution in [3.63, 3.8) is 0 Å². The normalized spacial score (nSPS) is 12.5. The first-order valence-corrected chi connectivity index (χ1v) is 3.73. The van der Waals surface area contributed by atoms with Gasteiger partial charge in [-0.1, -0.05) is 11.6 Å². The van der Waals surface area contributed by atoms with Gasteiger partial charge in [-0.2, -0.15) is 0 Å². The Hall–Kier alpha value is -1.33. The lowest BCUT2D eigenvalue weighted by Gasteiger charge is -2.05. The van der Waals surface area contributed by atoms with Crippen molar-refractivity contribution in [2.24, 2.45) is 0 Å². The fourth-order valence-electron chi connectivity index (χ4n) is 0.738. The third-order valence-corrected chi connectivity index (χ3v) is 1.72. The molecule has 1 aromatic heterocycles. The van der Waals surface area contributed by atoms with Gasteiger partial charge in [-0.25, -0.2) is 9.78 Å². The van der Waals surface area contributed by atoms with Gasteiger partial charge in [0.15, 0.2) is 11.3 Å². The molecule has 0 aromatic carbocycles. The zero-order chi connectivity index (χ0) is 10.0. The van der Waals surface area contributed by atoms with E-state index in [0.717, 1.165) is 0 Å². The Balaban J connectivity index is 3.03. The molecule has 0 aliphatic carbocycles. The molecule has 0 saturated heterocycles. The molecular weight excluding hydrogens is 196 g/mol. The molecule has 0 fully saturated rings. The van der Waals surface area contributed by atoms with Crippen LogP contribution in [0.15, 0.2) is 12.1 Å². The lowest BCUT2D eigenvalue weighted by atomic mass is 10.2. The minimum absolute atomic E-state index is 0.0159. The minimum atomic E-state index is -1.67. The van der Waals surface area contributed by atoms with Crippen LogP contribution in [0.5, 0.6) is 0 Å². The van der Waals surface area contributed by atoms with Crippen LogP contribution >= 0.6 is 11.6 Å². The third-order valence-electron chi connectivity index (χ3n) is 1.41. The Morgan fingerprint density at radius 2 is 2.23 bits per heavy atom. The number of anilines is 1. The number of nitrogens with zero attached hydrogens (tertiary/aromatic N) is 1. The standard InChI is InChI=1S/C7H7ClN2O3/c8-6-3(9)1-2-4(10-6)5(11)7(12)13/h1-2,5,11H,9H2,(H,12,13). The predicted molar refractivity (Wildman–Crippen MR) is 46.3 cm³/mol. The number of rotatable bonds is 2. The zero-order valence-electron chi connectivity index (χ0n) is 6.44. The molecule has 1 aromatic rings. The minimum Gasteiger partial charge on any atom is -0.479 e. The monoisotopic (exact) mass is 202 g/mol. The number of aliphatic hydroxyl groups excluding tert-OH is 1. The van der Waals surface area contributed by atoms with Crippen molar-refractivity contribution in [3.8, 4) is 0 Å². The van der Waals surface area contributed by atoms with Crippen LogP contribution in [-0.4, -0.2) is 21.2 Å². The van der Waals surface area contributed by atoms with Crippen LogP contribution < -0.4 is 5.73 Å². The SMILES string of the molecule is Nc1ccc(C(O)C(=O)O)nc1Cl. The summed E-state index contributed by atoms with van der Waals surface area (Å²) in [5.41, 5.74) is 5.54. The van der Waals surface area contributed by atoms with Gasteiger partial charge >= 0.3 is 5.97 Å². The van der Waals surface area contributed by atoms with Gasteiger partial charge in [0.25, 0.3) is 0 Å². The highest BCUT2D eigenvalue weighted by Crippen LogP contribution is 2.19. The van der Waals surface area contributed by atoms with E-state index in [2.05, 4.69) is 4.98 Å². The summed E-state index contributed by atoms with van der Waals surface area (Å²) in [6, 6.07) is 2.69. The molecule has 13 heavy (non-hydrogen) atoms. The highest BCUT2D eigenvalue weighted by molar-refractivity contribution is 6.31. The van der Waals surface area contributed by atoms with Gasteiger partial charge in [-0.05, 0) is 12.1 Å². The fourth-order valence-corrected chi connectivity index (χ4v) is 0.898. The molecule has 6 heteroatoms. The largest absolute Gasteiger partial charge is 0.479 e. The Bertz CT molecular complexity index is 343. The lowest BCUT2D eigenvalue weighted by molar-refractivity contribution is -0.147. The molecule has 1 rings (SSSR count). The molecule has 0 amide bonds. The molecule has 0 spiro atoms. The summed E-state index contributed by atoms with van der Waals surface area (Å²) >= 11 is 5.52. The van der Waals surface area contributed by atoms with Gasteiger partial charge in [0.1, 0.15) is 0 Å². The molecule has 0 bridgehead atoms. The first-order chi connectivity index (χ1) is 6.02. The molecule has 1 heterocycles. The number of carbonyl (C=O) groups is 1. The maximum atomic E-state index is 10.3. The molecule has 4 N–H and O–H groups in total. The van der Waals surface area contributed by atoms with E-state index in [9.17, 15) is 4.79 Å². The van der Waals surface area contributed by atoms with E-state index in [1.54, 1.807) is 0 Å². The van der Waals surface area contributed by atoms with Gasteiger partial charge in [0, 0.05) is 0 Å². The van der Waals surface area contributed by atoms with E-state index in [0.29, 0.717) is 0 Å².